The Labute approximate surface area is 183 Å². The maximum atomic E-state index is 13.4. The van der Waals surface area contributed by atoms with E-state index in [0.29, 0.717) is 37.2 Å². The lowest BCUT2D eigenvalue weighted by Crippen LogP contribution is -2.27. The van der Waals surface area contributed by atoms with Gasteiger partial charge in [-0.1, -0.05) is 52.5 Å². The Hall–Kier alpha value is -1.65. The predicted molar refractivity (Wildman–Crippen MR) is 118 cm³/mol. The number of carbonyl (C=O) groups excluding carboxylic acids is 1. The Morgan fingerprint density at radius 1 is 0.857 bits per heavy atom. The van der Waals surface area contributed by atoms with Crippen molar-refractivity contribution in [2.75, 3.05) is 10.2 Å². The van der Waals surface area contributed by atoms with E-state index in [9.17, 15) is 4.79 Å². The first-order valence-electron chi connectivity index (χ1n) is 8.91. The summed E-state index contributed by atoms with van der Waals surface area (Å²) in [6, 6.07) is 10.4. The summed E-state index contributed by atoms with van der Waals surface area (Å²) in [4.78, 5) is 15.1. The molecule has 0 spiro atoms. The van der Waals surface area contributed by atoms with Crippen LogP contribution in [0.2, 0.25) is 20.1 Å². The van der Waals surface area contributed by atoms with Gasteiger partial charge in [-0.3, -0.25) is 9.69 Å². The summed E-state index contributed by atoms with van der Waals surface area (Å²) in [5.41, 5.74) is 3.86. The SMILES string of the molecule is O=C1C(Nc2ccc(Cl)c(Cl)c2)=C2CCCCC=C2N1c1ccc(Cl)c(Cl)c1. The van der Waals surface area contributed by atoms with E-state index >= 15 is 0 Å². The van der Waals surface area contributed by atoms with Crippen molar-refractivity contribution < 1.29 is 4.79 Å². The number of hydrogen-bond acceptors (Lipinski definition) is 2. The molecule has 28 heavy (non-hydrogen) atoms. The lowest BCUT2D eigenvalue weighted by Gasteiger charge is -2.20. The Morgan fingerprint density at radius 3 is 2.29 bits per heavy atom. The topological polar surface area (TPSA) is 32.3 Å². The summed E-state index contributed by atoms with van der Waals surface area (Å²) in [5, 5.41) is 5.02. The van der Waals surface area contributed by atoms with E-state index in [0.717, 1.165) is 37.0 Å². The molecule has 0 radical (unpaired) electrons. The molecule has 7 heteroatoms. The first-order chi connectivity index (χ1) is 13.5. The van der Waals surface area contributed by atoms with E-state index in [4.69, 9.17) is 46.4 Å². The van der Waals surface area contributed by atoms with Gasteiger partial charge < -0.3 is 5.32 Å². The second kappa shape index (κ2) is 8.00. The summed E-state index contributed by atoms with van der Waals surface area (Å²) >= 11 is 24.4. The molecule has 2 aromatic rings. The average Bonchev–Trinajstić information content (AvgIpc) is 2.81. The van der Waals surface area contributed by atoms with Crippen molar-refractivity contribution >= 4 is 63.7 Å². The van der Waals surface area contributed by atoms with Crippen molar-refractivity contribution in [2.45, 2.75) is 25.7 Å². The molecule has 1 aliphatic heterocycles. The van der Waals surface area contributed by atoms with Crippen molar-refractivity contribution in [1.29, 1.82) is 0 Å². The number of allylic oxidation sites excluding steroid dienone is 2. The largest absolute Gasteiger partial charge is 0.351 e. The molecule has 1 aliphatic carbocycles. The van der Waals surface area contributed by atoms with Crippen LogP contribution in [0.1, 0.15) is 25.7 Å². The maximum absolute atomic E-state index is 13.4. The number of nitrogens with zero attached hydrogens (tertiary/aromatic N) is 1. The Morgan fingerprint density at radius 2 is 1.57 bits per heavy atom. The molecule has 0 fully saturated rings. The van der Waals surface area contributed by atoms with Gasteiger partial charge in [-0.25, -0.2) is 0 Å². The van der Waals surface area contributed by atoms with Crippen LogP contribution in [0.3, 0.4) is 0 Å². The zero-order valence-electron chi connectivity index (χ0n) is 14.7. The van der Waals surface area contributed by atoms with Crippen LogP contribution in [0.15, 0.2) is 59.4 Å². The maximum Gasteiger partial charge on any atom is 0.279 e. The summed E-state index contributed by atoms with van der Waals surface area (Å²) in [5.74, 6) is -0.132. The Bertz CT molecular complexity index is 1030. The average molecular weight is 454 g/mol. The monoisotopic (exact) mass is 452 g/mol. The zero-order valence-corrected chi connectivity index (χ0v) is 17.8. The standard InChI is InChI=1S/C21H16Cl4N2O/c22-15-8-6-12(10-17(15)24)26-20-14-4-2-1-3-5-19(14)27(21(20)28)13-7-9-16(23)18(25)11-13/h5-11,26H,1-4H2. The van der Waals surface area contributed by atoms with Crippen LogP contribution in [0, 0.1) is 0 Å². The molecule has 4 rings (SSSR count). The highest BCUT2D eigenvalue weighted by molar-refractivity contribution is 6.42. The first kappa shape index (κ1) is 19.7. The number of fused-ring (bicyclic) bond motifs is 1. The van der Waals surface area contributed by atoms with Gasteiger partial charge in [0.2, 0.25) is 0 Å². The third-order valence-electron chi connectivity index (χ3n) is 4.84. The van der Waals surface area contributed by atoms with Gasteiger partial charge in [0.25, 0.3) is 5.91 Å². The van der Waals surface area contributed by atoms with Gasteiger partial charge in [0.15, 0.2) is 0 Å². The van der Waals surface area contributed by atoms with Crippen LogP contribution in [-0.2, 0) is 4.79 Å². The van der Waals surface area contributed by atoms with Crippen molar-refractivity contribution in [1.82, 2.24) is 0 Å². The zero-order chi connectivity index (χ0) is 19.8. The molecule has 0 bridgehead atoms. The normalized spacial score (nSPS) is 16.8. The molecule has 3 nitrogen and oxygen atoms in total. The van der Waals surface area contributed by atoms with E-state index in [1.807, 2.05) is 0 Å². The minimum absolute atomic E-state index is 0.132. The fraction of sp³-hybridized carbons (Fsp3) is 0.190. The lowest BCUT2D eigenvalue weighted by atomic mass is 10.1. The van der Waals surface area contributed by atoms with E-state index in [2.05, 4.69) is 11.4 Å². The fourth-order valence-electron chi connectivity index (χ4n) is 3.49. The van der Waals surface area contributed by atoms with E-state index in [1.165, 1.54) is 0 Å². The van der Waals surface area contributed by atoms with Crippen molar-refractivity contribution in [3.8, 4) is 0 Å². The van der Waals surface area contributed by atoms with Crippen molar-refractivity contribution in [2.24, 2.45) is 0 Å². The van der Waals surface area contributed by atoms with Crippen LogP contribution >= 0.6 is 46.4 Å². The molecule has 0 unspecified atom stereocenters. The highest BCUT2D eigenvalue weighted by Gasteiger charge is 2.36. The molecule has 1 N–H and O–H groups in total. The Kier molecular flexibility index (Phi) is 5.62. The molecular formula is C21H16Cl4N2O. The summed E-state index contributed by atoms with van der Waals surface area (Å²) < 4.78 is 0. The highest BCUT2D eigenvalue weighted by atomic mass is 35.5. The predicted octanol–water partition coefficient (Wildman–Crippen LogP) is 7.47. The Balaban J connectivity index is 1.76. The number of nitrogens with one attached hydrogen (secondary N) is 1. The van der Waals surface area contributed by atoms with Crippen LogP contribution in [-0.4, -0.2) is 5.91 Å². The molecule has 1 heterocycles. The quantitative estimate of drug-likeness (QED) is 0.522. The van der Waals surface area contributed by atoms with Gasteiger partial charge in [0.1, 0.15) is 5.70 Å². The summed E-state index contributed by atoms with van der Waals surface area (Å²) in [7, 11) is 0. The van der Waals surface area contributed by atoms with Gasteiger partial charge in [-0.2, -0.15) is 0 Å². The third-order valence-corrected chi connectivity index (χ3v) is 6.32. The van der Waals surface area contributed by atoms with Gasteiger partial charge >= 0.3 is 0 Å². The number of benzene rings is 2. The molecule has 0 aromatic heterocycles. The second-order valence-corrected chi connectivity index (χ2v) is 8.31. The number of amides is 1. The number of carbonyl (C=O) groups is 1. The molecule has 144 valence electrons. The molecule has 2 aromatic carbocycles. The van der Waals surface area contributed by atoms with Crippen molar-refractivity contribution in [3.05, 3.63) is 79.5 Å². The van der Waals surface area contributed by atoms with E-state index in [-0.39, 0.29) is 5.91 Å². The smallest absolute Gasteiger partial charge is 0.279 e. The van der Waals surface area contributed by atoms with Gasteiger partial charge in [-0.15, -0.1) is 0 Å². The van der Waals surface area contributed by atoms with Gasteiger partial charge in [0.05, 0.1) is 31.5 Å². The van der Waals surface area contributed by atoms with Gasteiger partial charge in [0, 0.05) is 11.3 Å². The number of halogens is 4. The lowest BCUT2D eigenvalue weighted by molar-refractivity contribution is -0.114. The minimum atomic E-state index is -0.132. The number of hydrogen-bond donors (Lipinski definition) is 1. The number of rotatable bonds is 3. The van der Waals surface area contributed by atoms with E-state index in [1.54, 1.807) is 41.3 Å². The second-order valence-electron chi connectivity index (χ2n) is 6.68. The van der Waals surface area contributed by atoms with E-state index < -0.39 is 0 Å². The minimum Gasteiger partial charge on any atom is -0.351 e. The molecule has 2 aliphatic rings. The van der Waals surface area contributed by atoms with Crippen LogP contribution in [0.4, 0.5) is 11.4 Å². The van der Waals surface area contributed by atoms with Crippen molar-refractivity contribution in [3.63, 3.8) is 0 Å². The molecule has 0 saturated heterocycles. The third kappa shape index (κ3) is 3.65. The molecule has 0 saturated carbocycles. The van der Waals surface area contributed by atoms with Crippen LogP contribution in [0.5, 0.6) is 0 Å². The van der Waals surface area contributed by atoms with Crippen LogP contribution in [0.25, 0.3) is 0 Å². The molecule has 1 amide bonds. The fourth-order valence-corrected chi connectivity index (χ4v) is 4.08. The highest BCUT2D eigenvalue weighted by Crippen LogP contribution is 2.41. The van der Waals surface area contributed by atoms with Crippen LogP contribution < -0.4 is 10.2 Å². The van der Waals surface area contributed by atoms with Gasteiger partial charge in [-0.05, 0) is 62.1 Å². The summed E-state index contributed by atoms with van der Waals surface area (Å²) in [6.45, 7) is 0. The first-order valence-corrected chi connectivity index (χ1v) is 10.4. The summed E-state index contributed by atoms with van der Waals surface area (Å²) in [6.07, 6.45) is 5.95. The number of anilines is 2. The molecule has 0 atom stereocenters. The molecular weight excluding hydrogens is 438 g/mol.